The summed E-state index contributed by atoms with van der Waals surface area (Å²) < 4.78 is 0. The lowest BCUT2D eigenvalue weighted by molar-refractivity contribution is 0.141. The van der Waals surface area contributed by atoms with Crippen LogP contribution in [-0.2, 0) is 0 Å². The minimum atomic E-state index is 0.824. The van der Waals surface area contributed by atoms with Gasteiger partial charge in [-0.2, -0.15) is 0 Å². The quantitative estimate of drug-likeness (QED) is 0.769. The van der Waals surface area contributed by atoms with Gasteiger partial charge in [0.1, 0.15) is 0 Å². The highest BCUT2D eigenvalue weighted by Gasteiger charge is 2.33. The van der Waals surface area contributed by atoms with Crippen molar-refractivity contribution in [2.24, 2.45) is 23.7 Å². The molecule has 0 amide bonds. The summed E-state index contributed by atoms with van der Waals surface area (Å²) in [6.07, 6.45) is 11.8. The van der Waals surface area contributed by atoms with Gasteiger partial charge >= 0.3 is 0 Å². The van der Waals surface area contributed by atoms with Gasteiger partial charge in [-0.15, -0.1) is 0 Å². The van der Waals surface area contributed by atoms with Crippen molar-refractivity contribution >= 4 is 0 Å². The molecule has 1 N–H and O–H groups in total. The Labute approximate surface area is 114 Å². The van der Waals surface area contributed by atoms with Gasteiger partial charge in [-0.25, -0.2) is 0 Å². The largest absolute Gasteiger partial charge is 0.314 e. The van der Waals surface area contributed by atoms with Crippen molar-refractivity contribution in [1.82, 2.24) is 5.32 Å². The van der Waals surface area contributed by atoms with E-state index in [9.17, 15) is 0 Å². The predicted molar refractivity (Wildman–Crippen MR) is 79.7 cm³/mol. The van der Waals surface area contributed by atoms with E-state index in [-0.39, 0.29) is 0 Å². The Hall–Kier alpha value is -0.0400. The topological polar surface area (TPSA) is 12.0 Å². The first-order valence-corrected chi connectivity index (χ1v) is 8.44. The molecule has 3 unspecified atom stereocenters. The first-order chi connectivity index (χ1) is 8.70. The van der Waals surface area contributed by atoms with E-state index < -0.39 is 0 Å². The lowest BCUT2D eigenvalue weighted by Crippen LogP contribution is -2.45. The molecular formula is C17H33N. The lowest BCUT2D eigenvalue weighted by atomic mass is 9.70. The molecule has 0 aromatic heterocycles. The van der Waals surface area contributed by atoms with Crippen LogP contribution >= 0.6 is 0 Å². The molecule has 2 saturated carbocycles. The molecule has 0 aromatic rings. The van der Waals surface area contributed by atoms with E-state index in [1.54, 1.807) is 0 Å². The zero-order valence-corrected chi connectivity index (χ0v) is 12.8. The Morgan fingerprint density at radius 3 is 2.22 bits per heavy atom. The molecule has 18 heavy (non-hydrogen) atoms. The van der Waals surface area contributed by atoms with E-state index in [0.29, 0.717) is 0 Å². The van der Waals surface area contributed by atoms with Crippen molar-refractivity contribution in [2.75, 3.05) is 6.54 Å². The normalized spacial score (nSPS) is 39.5. The lowest BCUT2D eigenvalue weighted by Gasteiger charge is -2.40. The molecule has 1 nitrogen and oxygen atoms in total. The third kappa shape index (κ3) is 3.73. The first-order valence-electron chi connectivity index (χ1n) is 8.44. The van der Waals surface area contributed by atoms with Crippen molar-refractivity contribution in [3.05, 3.63) is 0 Å². The Kier molecular flexibility index (Phi) is 5.54. The van der Waals surface area contributed by atoms with Crippen LogP contribution in [0.4, 0.5) is 0 Å². The number of rotatable bonds is 4. The summed E-state index contributed by atoms with van der Waals surface area (Å²) in [5.74, 6) is 3.88. The van der Waals surface area contributed by atoms with Crippen molar-refractivity contribution in [3.8, 4) is 0 Å². The third-order valence-electron chi connectivity index (χ3n) is 5.49. The summed E-state index contributed by atoms with van der Waals surface area (Å²) in [6, 6.07) is 0.824. The third-order valence-corrected chi connectivity index (χ3v) is 5.49. The minimum Gasteiger partial charge on any atom is -0.314 e. The van der Waals surface area contributed by atoms with Crippen LogP contribution in [0.5, 0.6) is 0 Å². The number of hydrogen-bond donors (Lipinski definition) is 1. The summed E-state index contributed by atoms with van der Waals surface area (Å²) in [6.45, 7) is 8.32. The van der Waals surface area contributed by atoms with Gasteiger partial charge in [0, 0.05) is 6.04 Å². The second-order valence-corrected chi connectivity index (χ2v) is 7.14. The van der Waals surface area contributed by atoms with Crippen LogP contribution in [0.2, 0.25) is 0 Å². The van der Waals surface area contributed by atoms with E-state index in [2.05, 4.69) is 26.1 Å². The van der Waals surface area contributed by atoms with Crippen LogP contribution in [0, 0.1) is 23.7 Å². The molecule has 2 aliphatic rings. The number of nitrogens with one attached hydrogen (secondary N) is 1. The molecule has 106 valence electrons. The zero-order chi connectivity index (χ0) is 13.0. The molecular weight excluding hydrogens is 218 g/mol. The molecule has 0 aliphatic heterocycles. The highest BCUT2D eigenvalue weighted by atomic mass is 14.9. The summed E-state index contributed by atoms with van der Waals surface area (Å²) in [5.41, 5.74) is 0. The first kappa shape index (κ1) is 14.4. The van der Waals surface area contributed by atoms with Gasteiger partial charge in [0.2, 0.25) is 0 Å². The molecule has 2 rings (SSSR count). The SMILES string of the molecule is CCNC(C1CCC(C)CC1)C1CCCC(C)C1. The van der Waals surface area contributed by atoms with E-state index >= 15 is 0 Å². The average molecular weight is 251 g/mol. The second-order valence-electron chi connectivity index (χ2n) is 7.14. The summed E-state index contributed by atoms with van der Waals surface area (Å²) in [4.78, 5) is 0. The van der Waals surface area contributed by atoms with Gasteiger partial charge < -0.3 is 5.32 Å². The Morgan fingerprint density at radius 1 is 0.889 bits per heavy atom. The van der Waals surface area contributed by atoms with Crippen molar-refractivity contribution in [3.63, 3.8) is 0 Å². The van der Waals surface area contributed by atoms with Crippen LogP contribution in [-0.4, -0.2) is 12.6 Å². The number of hydrogen-bond acceptors (Lipinski definition) is 1. The molecule has 0 radical (unpaired) electrons. The molecule has 0 aromatic carbocycles. The van der Waals surface area contributed by atoms with E-state index in [4.69, 9.17) is 0 Å². The van der Waals surface area contributed by atoms with E-state index in [1.165, 1.54) is 51.4 Å². The standard InChI is InChI=1S/C17H33N/c1-4-18-17(15-10-8-13(2)9-11-15)16-7-5-6-14(3)12-16/h13-18H,4-12H2,1-3H3. The Morgan fingerprint density at radius 2 is 1.61 bits per heavy atom. The van der Waals surface area contributed by atoms with Crippen LogP contribution in [0.25, 0.3) is 0 Å². The highest BCUT2D eigenvalue weighted by Crippen LogP contribution is 2.38. The Balaban J connectivity index is 1.93. The van der Waals surface area contributed by atoms with E-state index in [0.717, 1.165) is 36.3 Å². The van der Waals surface area contributed by atoms with Crippen molar-refractivity contribution in [2.45, 2.75) is 78.2 Å². The van der Waals surface area contributed by atoms with Gasteiger partial charge in [0.25, 0.3) is 0 Å². The predicted octanol–water partition coefficient (Wildman–Crippen LogP) is 4.62. The highest BCUT2D eigenvalue weighted by molar-refractivity contribution is 4.88. The molecule has 2 fully saturated rings. The maximum Gasteiger partial charge on any atom is 0.0124 e. The maximum atomic E-state index is 3.86. The molecule has 0 spiro atoms. The molecule has 0 heterocycles. The van der Waals surface area contributed by atoms with Gasteiger partial charge in [-0.3, -0.25) is 0 Å². The van der Waals surface area contributed by atoms with Gasteiger partial charge in [0.05, 0.1) is 0 Å². The summed E-state index contributed by atoms with van der Waals surface area (Å²) in [7, 11) is 0. The fourth-order valence-electron chi connectivity index (χ4n) is 4.41. The van der Waals surface area contributed by atoms with Gasteiger partial charge in [-0.1, -0.05) is 46.5 Å². The smallest absolute Gasteiger partial charge is 0.0124 e. The molecule has 1 heteroatoms. The van der Waals surface area contributed by atoms with Crippen molar-refractivity contribution < 1.29 is 0 Å². The fourth-order valence-corrected chi connectivity index (χ4v) is 4.41. The zero-order valence-electron chi connectivity index (χ0n) is 12.8. The van der Waals surface area contributed by atoms with Gasteiger partial charge in [-0.05, 0) is 55.9 Å². The van der Waals surface area contributed by atoms with Crippen LogP contribution in [0.3, 0.4) is 0 Å². The maximum absolute atomic E-state index is 3.86. The molecule has 3 atom stereocenters. The molecule has 0 saturated heterocycles. The van der Waals surface area contributed by atoms with Gasteiger partial charge in [0.15, 0.2) is 0 Å². The van der Waals surface area contributed by atoms with Crippen molar-refractivity contribution in [1.29, 1.82) is 0 Å². The fraction of sp³-hybridized carbons (Fsp3) is 1.00. The van der Waals surface area contributed by atoms with E-state index in [1.807, 2.05) is 0 Å². The monoisotopic (exact) mass is 251 g/mol. The van der Waals surface area contributed by atoms with Crippen LogP contribution in [0.1, 0.15) is 72.1 Å². The minimum absolute atomic E-state index is 0.824. The van der Waals surface area contributed by atoms with Crippen LogP contribution in [0.15, 0.2) is 0 Å². The average Bonchev–Trinajstić information content (AvgIpc) is 2.37. The summed E-state index contributed by atoms with van der Waals surface area (Å²) >= 11 is 0. The molecule has 0 bridgehead atoms. The van der Waals surface area contributed by atoms with Crippen LogP contribution < -0.4 is 5.32 Å². The Bertz CT molecular complexity index is 230. The summed E-state index contributed by atoms with van der Waals surface area (Å²) in [5, 5.41) is 3.86. The molecule has 2 aliphatic carbocycles. The second kappa shape index (κ2) is 6.93.